The van der Waals surface area contributed by atoms with Crippen LogP contribution in [0.3, 0.4) is 0 Å². The van der Waals surface area contributed by atoms with Crippen molar-refractivity contribution in [1.29, 1.82) is 0 Å². The van der Waals surface area contributed by atoms with Crippen molar-refractivity contribution in [2.45, 2.75) is 0 Å². The van der Waals surface area contributed by atoms with Crippen LogP contribution in [0.2, 0.25) is 0 Å². The van der Waals surface area contributed by atoms with Gasteiger partial charge in [-0.05, 0) is 24.3 Å². The van der Waals surface area contributed by atoms with E-state index in [9.17, 15) is 4.79 Å². The zero-order chi connectivity index (χ0) is 22.5. The number of nitrogens with zero attached hydrogens (tertiary/aromatic N) is 5. The first-order chi connectivity index (χ1) is 15.6. The number of carbonyl (C=O) groups excluding carboxylic acids is 1. The van der Waals surface area contributed by atoms with Gasteiger partial charge in [-0.3, -0.25) is 9.78 Å². The summed E-state index contributed by atoms with van der Waals surface area (Å²) in [6, 6.07) is 14.5. The van der Waals surface area contributed by atoms with E-state index in [1.807, 2.05) is 36.4 Å². The highest BCUT2D eigenvalue weighted by Crippen LogP contribution is 2.31. The highest BCUT2D eigenvalue weighted by molar-refractivity contribution is 5.94. The Balaban J connectivity index is 1.60. The minimum Gasteiger partial charge on any atom is -0.491 e. The average Bonchev–Trinajstić information content (AvgIpc) is 3.33. The fraction of sp³-hybridized carbons (Fsp3) is 0.174. The van der Waals surface area contributed by atoms with Crippen molar-refractivity contribution in [1.82, 2.24) is 25.1 Å². The smallest absolute Gasteiger partial charge is 0.268 e. The predicted octanol–water partition coefficient (Wildman–Crippen LogP) is 2.90. The van der Waals surface area contributed by atoms with Crippen LogP contribution in [0, 0.1) is 0 Å². The molecule has 2 heterocycles. The van der Waals surface area contributed by atoms with Crippen LogP contribution in [0.1, 0.15) is 10.4 Å². The molecule has 9 nitrogen and oxygen atoms in total. The van der Waals surface area contributed by atoms with Gasteiger partial charge >= 0.3 is 0 Å². The second-order valence-corrected chi connectivity index (χ2v) is 7.11. The van der Waals surface area contributed by atoms with Gasteiger partial charge in [-0.1, -0.05) is 24.3 Å². The maximum absolute atomic E-state index is 12.1. The molecular formula is C23H22N6O3. The van der Waals surface area contributed by atoms with E-state index >= 15 is 0 Å². The normalized spacial score (nSPS) is 10.7. The van der Waals surface area contributed by atoms with E-state index in [2.05, 4.69) is 20.2 Å². The van der Waals surface area contributed by atoms with E-state index in [-0.39, 0.29) is 11.8 Å². The van der Waals surface area contributed by atoms with Gasteiger partial charge in [0.25, 0.3) is 17.7 Å². The highest BCUT2D eigenvalue weighted by Gasteiger charge is 2.16. The number of carbonyl (C=O) groups is 1. The Labute approximate surface area is 184 Å². The lowest BCUT2D eigenvalue weighted by atomic mass is 10.1. The minimum absolute atomic E-state index is 0.0644. The Bertz CT molecular complexity index is 1220. The van der Waals surface area contributed by atoms with E-state index in [0.29, 0.717) is 47.3 Å². The first-order valence-corrected chi connectivity index (χ1v) is 9.97. The molecule has 32 heavy (non-hydrogen) atoms. The van der Waals surface area contributed by atoms with E-state index in [0.717, 1.165) is 5.56 Å². The van der Waals surface area contributed by atoms with Gasteiger partial charge in [0.05, 0.1) is 23.7 Å². The third kappa shape index (κ3) is 4.47. The molecular weight excluding hydrogens is 408 g/mol. The van der Waals surface area contributed by atoms with Crippen molar-refractivity contribution in [3.8, 4) is 40.0 Å². The van der Waals surface area contributed by atoms with Crippen LogP contribution in [0.25, 0.3) is 34.3 Å². The molecule has 1 amide bonds. The molecule has 0 aliphatic rings. The number of aromatic nitrogens is 4. The summed E-state index contributed by atoms with van der Waals surface area (Å²) in [5.74, 6) is 1.10. The molecule has 0 fully saturated rings. The van der Waals surface area contributed by atoms with Gasteiger partial charge in [-0.15, -0.1) is 10.2 Å². The average molecular weight is 430 g/mol. The van der Waals surface area contributed by atoms with Gasteiger partial charge in [-0.25, -0.2) is 4.98 Å². The Hall–Kier alpha value is -4.11. The number of hydrogen-bond donors (Lipinski definition) is 1. The lowest BCUT2D eigenvalue weighted by molar-refractivity contribution is 0.0827. The minimum atomic E-state index is -0.0644. The maximum atomic E-state index is 12.1. The molecule has 0 spiro atoms. The van der Waals surface area contributed by atoms with Gasteiger partial charge in [0.1, 0.15) is 18.1 Å². The summed E-state index contributed by atoms with van der Waals surface area (Å²) in [5.41, 5.74) is 8.68. The molecule has 0 unspecified atom stereocenters. The summed E-state index contributed by atoms with van der Waals surface area (Å²) in [6.45, 7) is 0.778. The molecule has 0 bridgehead atoms. The number of amides is 1. The lowest BCUT2D eigenvalue weighted by Gasteiger charge is -2.10. The Morgan fingerprint density at radius 1 is 1.00 bits per heavy atom. The molecule has 9 heteroatoms. The lowest BCUT2D eigenvalue weighted by Crippen LogP contribution is -2.21. The molecule has 0 saturated heterocycles. The summed E-state index contributed by atoms with van der Waals surface area (Å²) >= 11 is 0. The van der Waals surface area contributed by atoms with Gasteiger partial charge in [-0.2, -0.15) is 0 Å². The maximum Gasteiger partial charge on any atom is 0.268 e. The monoisotopic (exact) mass is 430 g/mol. The third-order valence-corrected chi connectivity index (χ3v) is 4.61. The summed E-state index contributed by atoms with van der Waals surface area (Å²) in [6.07, 6.45) is 3.20. The molecule has 0 radical (unpaired) electrons. The summed E-state index contributed by atoms with van der Waals surface area (Å²) < 4.78 is 11.5. The third-order valence-electron chi connectivity index (χ3n) is 4.61. The zero-order valence-electron chi connectivity index (χ0n) is 17.7. The fourth-order valence-corrected chi connectivity index (χ4v) is 3.02. The molecule has 0 atom stereocenters. The molecule has 162 valence electrons. The fourth-order valence-electron chi connectivity index (χ4n) is 3.02. The van der Waals surface area contributed by atoms with Crippen molar-refractivity contribution in [2.24, 2.45) is 5.73 Å². The number of ether oxygens (including phenoxy) is 1. The van der Waals surface area contributed by atoms with Crippen LogP contribution in [0.5, 0.6) is 5.75 Å². The number of nitrogens with two attached hydrogens (primary N) is 1. The topological polar surface area (TPSA) is 120 Å². The van der Waals surface area contributed by atoms with E-state index < -0.39 is 0 Å². The van der Waals surface area contributed by atoms with Crippen LogP contribution in [-0.2, 0) is 0 Å². The Morgan fingerprint density at radius 2 is 1.72 bits per heavy atom. The van der Waals surface area contributed by atoms with E-state index in [4.69, 9.17) is 14.9 Å². The van der Waals surface area contributed by atoms with Crippen molar-refractivity contribution in [3.05, 3.63) is 66.5 Å². The van der Waals surface area contributed by atoms with Crippen molar-refractivity contribution in [2.75, 3.05) is 27.2 Å². The van der Waals surface area contributed by atoms with E-state index in [1.54, 1.807) is 38.6 Å². The van der Waals surface area contributed by atoms with Gasteiger partial charge < -0.3 is 19.8 Å². The van der Waals surface area contributed by atoms with Crippen LogP contribution in [0.4, 0.5) is 0 Å². The molecule has 0 aliphatic carbocycles. The number of rotatable bonds is 7. The van der Waals surface area contributed by atoms with Crippen LogP contribution < -0.4 is 10.5 Å². The number of benzene rings is 2. The Morgan fingerprint density at radius 3 is 2.47 bits per heavy atom. The van der Waals surface area contributed by atoms with Crippen LogP contribution in [0.15, 0.2) is 65.3 Å². The largest absolute Gasteiger partial charge is 0.491 e. The van der Waals surface area contributed by atoms with Crippen LogP contribution >= 0.6 is 0 Å². The molecule has 2 aromatic heterocycles. The number of hydrogen-bond acceptors (Lipinski definition) is 8. The first kappa shape index (κ1) is 21.1. The quantitative estimate of drug-likeness (QED) is 0.475. The Kier molecular flexibility index (Phi) is 6.18. The highest BCUT2D eigenvalue weighted by atomic mass is 16.5. The SMILES string of the molecule is CN(C)C(=O)c1ccc(-c2cncc(-c3nnc(-c4ccccc4OCCN)o3)n2)cc1. The molecule has 4 rings (SSSR count). The molecule has 0 aliphatic heterocycles. The summed E-state index contributed by atoms with van der Waals surface area (Å²) in [7, 11) is 3.43. The zero-order valence-corrected chi connectivity index (χ0v) is 17.7. The van der Waals surface area contributed by atoms with Crippen molar-refractivity contribution >= 4 is 5.91 Å². The summed E-state index contributed by atoms with van der Waals surface area (Å²) in [5, 5.41) is 8.27. The van der Waals surface area contributed by atoms with E-state index in [1.165, 1.54) is 4.90 Å². The standard InChI is InChI=1S/C23H22N6O3/c1-29(2)23(30)16-9-7-15(8-10-16)18-13-25-14-19(26-18)22-28-27-21(32-22)17-5-3-4-6-20(17)31-12-11-24/h3-10,13-14H,11-12,24H2,1-2H3. The molecule has 0 saturated carbocycles. The predicted molar refractivity (Wildman–Crippen MR) is 119 cm³/mol. The van der Waals surface area contributed by atoms with Gasteiger partial charge in [0.2, 0.25) is 0 Å². The first-order valence-electron chi connectivity index (χ1n) is 9.97. The molecule has 2 aromatic carbocycles. The molecule has 2 N–H and O–H groups in total. The van der Waals surface area contributed by atoms with Crippen LogP contribution in [-0.4, -0.2) is 58.2 Å². The van der Waals surface area contributed by atoms with Gasteiger partial charge in [0, 0.05) is 31.8 Å². The van der Waals surface area contributed by atoms with Crippen molar-refractivity contribution < 1.29 is 13.9 Å². The number of para-hydroxylation sites is 1. The van der Waals surface area contributed by atoms with Crippen molar-refractivity contribution in [3.63, 3.8) is 0 Å². The molecule has 4 aromatic rings. The second kappa shape index (κ2) is 9.36. The summed E-state index contributed by atoms with van der Waals surface area (Å²) in [4.78, 5) is 22.5. The van der Waals surface area contributed by atoms with Gasteiger partial charge in [0.15, 0.2) is 0 Å². The second-order valence-electron chi connectivity index (χ2n) is 7.11.